The SMILES string of the molecule is c1ccc(-n2c3ccccc3c3ccc(-n4c5ccccc5c5c6cccc7c6n(c54)-c4ccccc4S7)cc32)cc1. The molecule has 0 N–H and O–H groups in total. The van der Waals surface area contributed by atoms with Crippen molar-refractivity contribution in [1.82, 2.24) is 13.7 Å². The number of hydrogen-bond donors (Lipinski definition) is 0. The summed E-state index contributed by atoms with van der Waals surface area (Å²) in [5.41, 5.74) is 9.72. The number of fused-ring (bicyclic) bond motifs is 10. The molecule has 0 saturated heterocycles. The van der Waals surface area contributed by atoms with E-state index in [-0.39, 0.29) is 0 Å². The van der Waals surface area contributed by atoms with E-state index in [4.69, 9.17) is 0 Å². The molecular weight excluding hydrogens is 531 g/mol. The third-order valence-electron chi connectivity index (χ3n) is 8.81. The highest BCUT2D eigenvalue weighted by molar-refractivity contribution is 7.99. The molecule has 0 atom stereocenters. The van der Waals surface area contributed by atoms with E-state index >= 15 is 0 Å². The molecule has 42 heavy (non-hydrogen) atoms. The molecule has 10 rings (SSSR count). The number of hydrogen-bond acceptors (Lipinski definition) is 1. The lowest BCUT2D eigenvalue weighted by atomic mass is 10.1. The number of benzene rings is 6. The van der Waals surface area contributed by atoms with Crippen molar-refractivity contribution in [2.24, 2.45) is 0 Å². The molecule has 0 aliphatic carbocycles. The smallest absolute Gasteiger partial charge is 0.131 e. The van der Waals surface area contributed by atoms with E-state index in [2.05, 4.69) is 153 Å². The summed E-state index contributed by atoms with van der Waals surface area (Å²) in [4.78, 5) is 2.59. The maximum absolute atomic E-state index is 2.50. The van der Waals surface area contributed by atoms with Crippen LogP contribution in [-0.4, -0.2) is 13.7 Å². The van der Waals surface area contributed by atoms with Crippen LogP contribution in [0, 0.1) is 0 Å². The van der Waals surface area contributed by atoms with E-state index < -0.39 is 0 Å². The first-order valence-electron chi connectivity index (χ1n) is 14.3. The zero-order valence-corrected chi connectivity index (χ0v) is 23.3. The highest BCUT2D eigenvalue weighted by atomic mass is 32.2. The number of nitrogens with zero attached hydrogens (tertiary/aromatic N) is 3. The van der Waals surface area contributed by atoms with Crippen LogP contribution in [0.15, 0.2) is 149 Å². The largest absolute Gasteiger partial charge is 0.309 e. The summed E-state index contributed by atoms with van der Waals surface area (Å²) in [6.45, 7) is 0. The molecule has 1 aliphatic heterocycles. The van der Waals surface area contributed by atoms with Crippen LogP contribution in [0.25, 0.3) is 71.7 Å². The van der Waals surface area contributed by atoms with Crippen LogP contribution in [0.4, 0.5) is 0 Å². The molecular formula is C38H23N3S. The molecule has 0 spiro atoms. The Bertz CT molecular complexity index is 2550. The highest BCUT2D eigenvalue weighted by Gasteiger charge is 2.27. The van der Waals surface area contributed by atoms with Gasteiger partial charge in [-0.3, -0.25) is 9.13 Å². The van der Waals surface area contributed by atoms with E-state index in [1.807, 2.05) is 11.8 Å². The molecule has 6 aromatic carbocycles. The summed E-state index contributed by atoms with van der Waals surface area (Å²) in [6, 6.07) is 50.8. The Kier molecular flexibility index (Phi) is 4.38. The van der Waals surface area contributed by atoms with E-state index in [0.717, 1.165) is 5.69 Å². The van der Waals surface area contributed by atoms with Crippen LogP contribution in [0.3, 0.4) is 0 Å². The van der Waals surface area contributed by atoms with Crippen molar-refractivity contribution in [2.45, 2.75) is 9.79 Å². The number of para-hydroxylation sites is 5. The van der Waals surface area contributed by atoms with Crippen molar-refractivity contribution in [3.05, 3.63) is 140 Å². The third kappa shape index (κ3) is 2.82. The zero-order valence-electron chi connectivity index (χ0n) is 22.5. The molecule has 4 heterocycles. The van der Waals surface area contributed by atoms with E-state index in [1.165, 1.54) is 75.8 Å². The standard InChI is InChI=1S/C38H23N3S/c1-2-11-24(12-3-1)39-30-16-6-4-13-26(30)27-22-21-25(23-33(27)39)40-31-17-7-5-14-28(31)36-29-15-10-20-35-37(29)41(38(36)40)32-18-8-9-19-34(32)42-35/h1-23H. The average Bonchev–Trinajstić information content (AvgIpc) is 3.68. The Labute approximate surface area is 245 Å². The molecule has 0 amide bonds. The summed E-state index contributed by atoms with van der Waals surface area (Å²) in [5, 5.41) is 6.42. The van der Waals surface area contributed by atoms with Gasteiger partial charge in [-0.25, -0.2) is 0 Å². The van der Waals surface area contributed by atoms with Gasteiger partial charge in [0.25, 0.3) is 0 Å². The van der Waals surface area contributed by atoms with Gasteiger partial charge in [-0.1, -0.05) is 96.7 Å². The first kappa shape index (κ1) is 22.5. The molecule has 3 aromatic heterocycles. The van der Waals surface area contributed by atoms with Gasteiger partial charge in [0.05, 0.1) is 27.8 Å². The Balaban J connectivity index is 1.39. The van der Waals surface area contributed by atoms with Gasteiger partial charge in [0.15, 0.2) is 0 Å². The van der Waals surface area contributed by atoms with Gasteiger partial charge in [-0.2, -0.15) is 0 Å². The minimum Gasteiger partial charge on any atom is -0.309 e. The van der Waals surface area contributed by atoms with Gasteiger partial charge >= 0.3 is 0 Å². The molecule has 0 radical (unpaired) electrons. The van der Waals surface area contributed by atoms with Crippen LogP contribution in [0.5, 0.6) is 0 Å². The van der Waals surface area contributed by atoms with Crippen molar-refractivity contribution >= 4 is 66.4 Å². The topological polar surface area (TPSA) is 14.8 Å². The van der Waals surface area contributed by atoms with E-state index in [1.54, 1.807) is 0 Å². The van der Waals surface area contributed by atoms with Gasteiger partial charge in [-0.05, 0) is 54.6 Å². The maximum Gasteiger partial charge on any atom is 0.131 e. The Hall–Kier alpha value is -5.19. The predicted molar refractivity (Wildman–Crippen MR) is 176 cm³/mol. The summed E-state index contributed by atoms with van der Waals surface area (Å²) < 4.78 is 7.39. The monoisotopic (exact) mass is 553 g/mol. The van der Waals surface area contributed by atoms with Crippen molar-refractivity contribution in [3.63, 3.8) is 0 Å². The summed E-state index contributed by atoms with van der Waals surface area (Å²) in [7, 11) is 0. The van der Waals surface area contributed by atoms with Gasteiger partial charge in [0, 0.05) is 48.1 Å². The molecule has 196 valence electrons. The lowest BCUT2D eigenvalue weighted by Crippen LogP contribution is -2.05. The molecule has 4 heteroatoms. The van der Waals surface area contributed by atoms with Crippen LogP contribution >= 0.6 is 11.8 Å². The lowest BCUT2D eigenvalue weighted by molar-refractivity contribution is 1.03. The highest BCUT2D eigenvalue weighted by Crippen LogP contribution is 2.49. The molecule has 1 aliphatic rings. The van der Waals surface area contributed by atoms with Crippen molar-refractivity contribution in [3.8, 4) is 17.1 Å². The fraction of sp³-hybridized carbons (Fsp3) is 0. The minimum absolute atomic E-state index is 1.16. The summed E-state index contributed by atoms with van der Waals surface area (Å²) in [5.74, 6) is 0. The first-order chi connectivity index (χ1) is 20.9. The Morgan fingerprint density at radius 2 is 1.07 bits per heavy atom. The summed E-state index contributed by atoms with van der Waals surface area (Å²) >= 11 is 1.87. The molecule has 3 nitrogen and oxygen atoms in total. The van der Waals surface area contributed by atoms with Gasteiger partial charge in [0.2, 0.25) is 0 Å². The Morgan fingerprint density at radius 3 is 1.95 bits per heavy atom. The van der Waals surface area contributed by atoms with Gasteiger partial charge in [0.1, 0.15) is 5.65 Å². The molecule has 0 bridgehead atoms. The second kappa shape index (κ2) is 8.19. The molecule has 0 saturated carbocycles. The number of aromatic nitrogens is 3. The number of rotatable bonds is 2. The van der Waals surface area contributed by atoms with Gasteiger partial charge in [-0.15, -0.1) is 0 Å². The molecule has 9 aromatic rings. The second-order valence-corrected chi connectivity index (χ2v) is 12.1. The van der Waals surface area contributed by atoms with Crippen molar-refractivity contribution in [1.29, 1.82) is 0 Å². The van der Waals surface area contributed by atoms with E-state index in [9.17, 15) is 0 Å². The van der Waals surface area contributed by atoms with Crippen LogP contribution in [0.2, 0.25) is 0 Å². The normalized spacial score (nSPS) is 12.7. The third-order valence-corrected chi connectivity index (χ3v) is 9.92. The Morgan fingerprint density at radius 1 is 0.405 bits per heavy atom. The van der Waals surface area contributed by atoms with Gasteiger partial charge < -0.3 is 4.57 Å². The first-order valence-corrected chi connectivity index (χ1v) is 15.1. The molecule has 0 fully saturated rings. The van der Waals surface area contributed by atoms with Crippen molar-refractivity contribution in [2.75, 3.05) is 0 Å². The fourth-order valence-corrected chi connectivity index (χ4v) is 8.23. The quantitative estimate of drug-likeness (QED) is 0.208. The minimum atomic E-state index is 1.16. The predicted octanol–water partition coefficient (Wildman–Crippen LogP) is 10.3. The maximum atomic E-state index is 2.50. The second-order valence-electron chi connectivity index (χ2n) is 11.0. The average molecular weight is 554 g/mol. The fourth-order valence-electron chi connectivity index (χ4n) is 7.14. The van der Waals surface area contributed by atoms with Crippen LogP contribution in [-0.2, 0) is 0 Å². The van der Waals surface area contributed by atoms with E-state index in [0.29, 0.717) is 0 Å². The zero-order chi connectivity index (χ0) is 27.4. The van der Waals surface area contributed by atoms with Crippen molar-refractivity contribution < 1.29 is 0 Å². The van der Waals surface area contributed by atoms with Crippen LogP contribution < -0.4 is 0 Å². The lowest BCUT2D eigenvalue weighted by Gasteiger charge is -2.21. The summed E-state index contributed by atoms with van der Waals surface area (Å²) in [6.07, 6.45) is 0. The van der Waals surface area contributed by atoms with Crippen LogP contribution in [0.1, 0.15) is 0 Å². The molecule has 0 unspecified atom stereocenters.